The summed E-state index contributed by atoms with van der Waals surface area (Å²) in [5, 5.41) is 4.01. The van der Waals surface area contributed by atoms with Crippen LogP contribution in [0.4, 0.5) is 0 Å². The topological polar surface area (TPSA) is 100 Å². The summed E-state index contributed by atoms with van der Waals surface area (Å²) in [6, 6.07) is 5.17. The van der Waals surface area contributed by atoms with Gasteiger partial charge in [0.25, 0.3) is 5.82 Å². The van der Waals surface area contributed by atoms with Crippen LogP contribution in [0, 0.1) is 6.92 Å². The molecule has 2 aromatic rings. The van der Waals surface area contributed by atoms with Crippen LogP contribution in [0.15, 0.2) is 24.5 Å². The van der Waals surface area contributed by atoms with Crippen LogP contribution in [0.25, 0.3) is 0 Å². The zero-order valence-corrected chi connectivity index (χ0v) is 11.2. The summed E-state index contributed by atoms with van der Waals surface area (Å²) in [6.45, 7) is 2.31. The average Bonchev–Trinajstić information content (AvgIpc) is 2.88. The molecule has 2 rings (SSSR count). The SMILES string of the molecule is COC(=O)c1ncn(Cc2ccc(C(N)=O)cc2C)n1. The largest absolute Gasteiger partial charge is 0.463 e. The van der Waals surface area contributed by atoms with Crippen molar-refractivity contribution in [1.82, 2.24) is 14.8 Å². The van der Waals surface area contributed by atoms with Gasteiger partial charge in [-0.25, -0.2) is 14.5 Å². The van der Waals surface area contributed by atoms with Gasteiger partial charge in [-0.1, -0.05) is 6.07 Å². The zero-order valence-electron chi connectivity index (χ0n) is 11.2. The third kappa shape index (κ3) is 2.82. The Bertz CT molecular complexity index is 663. The number of esters is 1. The van der Waals surface area contributed by atoms with E-state index in [-0.39, 0.29) is 5.82 Å². The van der Waals surface area contributed by atoms with Gasteiger partial charge in [0, 0.05) is 5.56 Å². The molecule has 1 heterocycles. The number of nitrogens with zero attached hydrogens (tertiary/aromatic N) is 3. The molecule has 0 aliphatic rings. The molecule has 1 aromatic carbocycles. The van der Waals surface area contributed by atoms with Crippen LogP contribution in [0.2, 0.25) is 0 Å². The van der Waals surface area contributed by atoms with E-state index >= 15 is 0 Å². The standard InChI is InChI=1S/C13H14N4O3/c1-8-5-9(11(14)18)3-4-10(8)6-17-7-15-12(16-17)13(19)20-2/h3-5,7H,6H2,1-2H3,(H2,14,18). The average molecular weight is 274 g/mol. The van der Waals surface area contributed by atoms with E-state index in [2.05, 4.69) is 14.8 Å². The minimum Gasteiger partial charge on any atom is -0.463 e. The minimum atomic E-state index is -0.579. The quantitative estimate of drug-likeness (QED) is 0.819. The molecule has 0 bridgehead atoms. The van der Waals surface area contributed by atoms with E-state index in [9.17, 15) is 9.59 Å². The van der Waals surface area contributed by atoms with Gasteiger partial charge < -0.3 is 10.5 Å². The maximum atomic E-state index is 11.3. The lowest BCUT2D eigenvalue weighted by molar-refractivity contribution is 0.0586. The number of benzene rings is 1. The van der Waals surface area contributed by atoms with Gasteiger partial charge in [0.15, 0.2) is 0 Å². The van der Waals surface area contributed by atoms with Gasteiger partial charge in [0.2, 0.25) is 5.91 Å². The number of carbonyl (C=O) groups excluding carboxylic acids is 2. The molecule has 0 spiro atoms. The Hall–Kier alpha value is -2.70. The molecule has 0 atom stereocenters. The zero-order chi connectivity index (χ0) is 14.7. The van der Waals surface area contributed by atoms with Crippen LogP contribution in [-0.4, -0.2) is 33.8 Å². The van der Waals surface area contributed by atoms with E-state index in [1.807, 2.05) is 6.92 Å². The van der Waals surface area contributed by atoms with E-state index in [0.29, 0.717) is 12.1 Å². The Morgan fingerprint density at radius 3 is 2.75 bits per heavy atom. The lowest BCUT2D eigenvalue weighted by Crippen LogP contribution is -2.12. The summed E-state index contributed by atoms with van der Waals surface area (Å²) in [7, 11) is 1.27. The van der Waals surface area contributed by atoms with E-state index in [0.717, 1.165) is 11.1 Å². The molecule has 20 heavy (non-hydrogen) atoms. The number of carbonyl (C=O) groups is 2. The summed E-state index contributed by atoms with van der Waals surface area (Å²) < 4.78 is 6.06. The first-order valence-corrected chi connectivity index (χ1v) is 5.88. The highest BCUT2D eigenvalue weighted by atomic mass is 16.5. The van der Waals surface area contributed by atoms with E-state index in [1.165, 1.54) is 18.1 Å². The monoisotopic (exact) mass is 274 g/mol. The first-order chi connectivity index (χ1) is 9.51. The predicted molar refractivity (Wildman–Crippen MR) is 70.2 cm³/mol. The number of amides is 1. The molecule has 0 unspecified atom stereocenters. The highest BCUT2D eigenvalue weighted by molar-refractivity contribution is 5.93. The molecule has 104 valence electrons. The third-order valence-electron chi connectivity index (χ3n) is 2.86. The van der Waals surface area contributed by atoms with E-state index < -0.39 is 11.9 Å². The normalized spacial score (nSPS) is 10.3. The lowest BCUT2D eigenvalue weighted by atomic mass is 10.0. The lowest BCUT2D eigenvalue weighted by Gasteiger charge is -2.06. The number of ether oxygens (including phenoxy) is 1. The predicted octanol–water partition coefficient (Wildman–Crippen LogP) is 0.520. The molecular weight excluding hydrogens is 260 g/mol. The molecule has 2 N–H and O–H groups in total. The van der Waals surface area contributed by atoms with Gasteiger partial charge >= 0.3 is 5.97 Å². The molecule has 1 amide bonds. The maximum Gasteiger partial charge on any atom is 0.377 e. The Morgan fingerprint density at radius 2 is 2.15 bits per heavy atom. The Morgan fingerprint density at radius 1 is 1.40 bits per heavy atom. The van der Waals surface area contributed by atoms with Crippen molar-refractivity contribution in [3.05, 3.63) is 47.0 Å². The maximum absolute atomic E-state index is 11.3. The van der Waals surface area contributed by atoms with Gasteiger partial charge in [-0.15, -0.1) is 5.10 Å². The fourth-order valence-electron chi connectivity index (χ4n) is 1.76. The molecule has 0 radical (unpaired) electrons. The number of hydrogen-bond acceptors (Lipinski definition) is 5. The fraction of sp³-hybridized carbons (Fsp3) is 0.231. The van der Waals surface area contributed by atoms with E-state index in [4.69, 9.17) is 5.73 Å². The second-order valence-electron chi connectivity index (χ2n) is 4.26. The van der Waals surface area contributed by atoms with Crippen LogP contribution in [0.1, 0.15) is 32.1 Å². The van der Waals surface area contributed by atoms with Crippen molar-refractivity contribution in [1.29, 1.82) is 0 Å². The second-order valence-corrected chi connectivity index (χ2v) is 4.26. The first-order valence-electron chi connectivity index (χ1n) is 5.88. The van der Waals surface area contributed by atoms with Crippen molar-refractivity contribution >= 4 is 11.9 Å². The number of rotatable bonds is 4. The minimum absolute atomic E-state index is 0.0129. The molecule has 0 aliphatic heterocycles. The van der Waals surface area contributed by atoms with Crippen LogP contribution in [-0.2, 0) is 11.3 Å². The molecule has 7 nitrogen and oxygen atoms in total. The van der Waals surface area contributed by atoms with Crippen molar-refractivity contribution in [2.24, 2.45) is 5.73 Å². The van der Waals surface area contributed by atoms with Crippen LogP contribution >= 0.6 is 0 Å². The fourth-order valence-corrected chi connectivity index (χ4v) is 1.76. The smallest absolute Gasteiger partial charge is 0.377 e. The Kier molecular flexibility index (Phi) is 3.79. The van der Waals surface area contributed by atoms with Crippen molar-refractivity contribution in [3.8, 4) is 0 Å². The van der Waals surface area contributed by atoms with E-state index in [1.54, 1.807) is 18.2 Å². The van der Waals surface area contributed by atoms with Crippen molar-refractivity contribution in [2.75, 3.05) is 7.11 Å². The second kappa shape index (κ2) is 5.52. The van der Waals surface area contributed by atoms with Crippen molar-refractivity contribution < 1.29 is 14.3 Å². The molecule has 1 aromatic heterocycles. The number of aryl methyl sites for hydroxylation is 1. The molecule has 0 fully saturated rings. The van der Waals surface area contributed by atoms with Gasteiger partial charge in [-0.05, 0) is 30.2 Å². The highest BCUT2D eigenvalue weighted by Crippen LogP contribution is 2.12. The number of hydrogen-bond donors (Lipinski definition) is 1. The first kappa shape index (κ1) is 13.7. The van der Waals surface area contributed by atoms with Crippen molar-refractivity contribution in [2.45, 2.75) is 13.5 Å². The molecule has 0 saturated carbocycles. The molecule has 0 aliphatic carbocycles. The van der Waals surface area contributed by atoms with Gasteiger partial charge in [0.05, 0.1) is 13.7 Å². The van der Waals surface area contributed by atoms with Crippen LogP contribution in [0.3, 0.4) is 0 Å². The van der Waals surface area contributed by atoms with Crippen molar-refractivity contribution in [3.63, 3.8) is 0 Å². The Balaban J connectivity index is 2.20. The molecule has 0 saturated heterocycles. The summed E-state index contributed by atoms with van der Waals surface area (Å²) in [4.78, 5) is 26.2. The van der Waals surface area contributed by atoms with Gasteiger partial charge in [-0.2, -0.15) is 0 Å². The number of primary amides is 1. The summed E-state index contributed by atoms with van der Waals surface area (Å²) >= 11 is 0. The molecular formula is C13H14N4O3. The third-order valence-corrected chi connectivity index (χ3v) is 2.86. The van der Waals surface area contributed by atoms with Gasteiger partial charge in [0.1, 0.15) is 6.33 Å². The highest BCUT2D eigenvalue weighted by Gasteiger charge is 2.12. The summed E-state index contributed by atoms with van der Waals surface area (Å²) in [6.07, 6.45) is 1.45. The number of methoxy groups -OCH3 is 1. The summed E-state index contributed by atoms with van der Waals surface area (Å²) in [5.41, 5.74) is 7.55. The Labute approximate surface area is 115 Å². The van der Waals surface area contributed by atoms with Crippen LogP contribution < -0.4 is 5.73 Å². The number of aromatic nitrogens is 3. The molecule has 7 heteroatoms. The van der Waals surface area contributed by atoms with Gasteiger partial charge in [-0.3, -0.25) is 4.79 Å². The van der Waals surface area contributed by atoms with Crippen LogP contribution in [0.5, 0.6) is 0 Å². The number of nitrogens with two attached hydrogens (primary N) is 1. The summed E-state index contributed by atoms with van der Waals surface area (Å²) in [5.74, 6) is -1.03.